The zero-order chi connectivity index (χ0) is 13.7. The van der Waals surface area contributed by atoms with Gasteiger partial charge in [-0.1, -0.05) is 20.3 Å². The van der Waals surface area contributed by atoms with Crippen molar-refractivity contribution < 1.29 is 0 Å². The van der Waals surface area contributed by atoms with Gasteiger partial charge in [0.2, 0.25) is 0 Å². The molecule has 19 heavy (non-hydrogen) atoms. The largest absolute Gasteiger partial charge is 0.329 e. The molecule has 2 heterocycles. The molecule has 0 aromatic heterocycles. The molecule has 0 spiro atoms. The van der Waals surface area contributed by atoms with Crippen molar-refractivity contribution in [1.29, 1.82) is 0 Å². The minimum Gasteiger partial charge on any atom is -0.329 e. The molecule has 3 nitrogen and oxygen atoms in total. The molecule has 0 amide bonds. The van der Waals surface area contributed by atoms with Gasteiger partial charge in [-0.3, -0.25) is 4.90 Å². The van der Waals surface area contributed by atoms with Crippen LogP contribution in [0.25, 0.3) is 0 Å². The topological polar surface area (TPSA) is 32.5 Å². The number of nitrogens with zero attached hydrogens (tertiary/aromatic N) is 2. The Balaban J connectivity index is 1.98. The van der Waals surface area contributed by atoms with Gasteiger partial charge in [0.05, 0.1) is 0 Å². The van der Waals surface area contributed by atoms with Gasteiger partial charge >= 0.3 is 0 Å². The summed E-state index contributed by atoms with van der Waals surface area (Å²) in [6.07, 6.45) is 8.03. The van der Waals surface area contributed by atoms with Crippen LogP contribution in [0.3, 0.4) is 0 Å². The highest BCUT2D eigenvalue weighted by Crippen LogP contribution is 2.34. The Kier molecular flexibility index (Phi) is 5.67. The van der Waals surface area contributed by atoms with Gasteiger partial charge in [-0.2, -0.15) is 0 Å². The van der Waals surface area contributed by atoms with E-state index in [0.717, 1.165) is 12.5 Å². The Labute approximate surface area is 119 Å². The third-order valence-corrected chi connectivity index (χ3v) is 5.49. The summed E-state index contributed by atoms with van der Waals surface area (Å²) in [6.45, 7) is 11.7. The van der Waals surface area contributed by atoms with Crippen molar-refractivity contribution in [3.8, 4) is 0 Å². The molecule has 3 heteroatoms. The molecule has 0 aliphatic carbocycles. The normalized spacial score (nSPS) is 34.6. The highest BCUT2D eigenvalue weighted by atomic mass is 15.2. The summed E-state index contributed by atoms with van der Waals surface area (Å²) in [5.74, 6) is 0.930. The van der Waals surface area contributed by atoms with E-state index in [1.54, 1.807) is 0 Å². The van der Waals surface area contributed by atoms with Crippen molar-refractivity contribution in [2.45, 2.75) is 57.9 Å². The van der Waals surface area contributed by atoms with E-state index in [0.29, 0.717) is 5.54 Å². The second-order valence-corrected chi connectivity index (χ2v) is 6.61. The third kappa shape index (κ3) is 3.50. The Hall–Kier alpha value is -0.120. The molecule has 0 aromatic rings. The lowest BCUT2D eigenvalue weighted by Gasteiger charge is -2.41. The van der Waals surface area contributed by atoms with E-state index in [2.05, 4.69) is 23.6 Å². The van der Waals surface area contributed by atoms with E-state index in [4.69, 9.17) is 5.73 Å². The SMILES string of the molecule is CCCC1CCN(C2(CN)CCCN(CC)CC2)C1. The van der Waals surface area contributed by atoms with Gasteiger partial charge in [0.1, 0.15) is 0 Å². The van der Waals surface area contributed by atoms with Crippen LogP contribution in [-0.4, -0.2) is 54.6 Å². The Bertz CT molecular complexity index is 269. The van der Waals surface area contributed by atoms with Gasteiger partial charge in [0.25, 0.3) is 0 Å². The monoisotopic (exact) mass is 267 g/mol. The molecule has 2 aliphatic rings. The molecular weight excluding hydrogens is 234 g/mol. The van der Waals surface area contributed by atoms with Gasteiger partial charge in [-0.15, -0.1) is 0 Å². The average molecular weight is 267 g/mol. The second-order valence-electron chi connectivity index (χ2n) is 6.61. The summed E-state index contributed by atoms with van der Waals surface area (Å²) in [5, 5.41) is 0. The molecule has 0 radical (unpaired) electrons. The van der Waals surface area contributed by atoms with E-state index in [1.165, 1.54) is 71.2 Å². The molecule has 112 valence electrons. The fourth-order valence-electron chi connectivity index (χ4n) is 4.11. The Morgan fingerprint density at radius 1 is 1.16 bits per heavy atom. The first-order valence-corrected chi connectivity index (χ1v) is 8.41. The maximum Gasteiger partial charge on any atom is 0.0344 e. The molecule has 2 saturated heterocycles. The first-order valence-electron chi connectivity index (χ1n) is 8.41. The molecule has 2 fully saturated rings. The van der Waals surface area contributed by atoms with Gasteiger partial charge in [-0.25, -0.2) is 0 Å². The maximum absolute atomic E-state index is 6.23. The van der Waals surface area contributed by atoms with Gasteiger partial charge in [0.15, 0.2) is 0 Å². The smallest absolute Gasteiger partial charge is 0.0344 e. The van der Waals surface area contributed by atoms with Crippen molar-refractivity contribution in [1.82, 2.24) is 9.80 Å². The van der Waals surface area contributed by atoms with Crippen LogP contribution in [0.5, 0.6) is 0 Å². The molecule has 0 bridgehead atoms. The molecule has 0 saturated carbocycles. The number of likely N-dealkylation sites (tertiary alicyclic amines) is 2. The van der Waals surface area contributed by atoms with Crippen molar-refractivity contribution in [2.75, 3.05) is 39.3 Å². The van der Waals surface area contributed by atoms with Gasteiger partial charge < -0.3 is 10.6 Å². The van der Waals surface area contributed by atoms with Crippen LogP contribution in [-0.2, 0) is 0 Å². The van der Waals surface area contributed by atoms with Crippen LogP contribution >= 0.6 is 0 Å². The lowest BCUT2D eigenvalue weighted by molar-refractivity contribution is 0.100. The second kappa shape index (κ2) is 7.05. The highest BCUT2D eigenvalue weighted by Gasteiger charge is 2.40. The lowest BCUT2D eigenvalue weighted by Crippen LogP contribution is -2.53. The summed E-state index contributed by atoms with van der Waals surface area (Å²) in [5.41, 5.74) is 6.55. The summed E-state index contributed by atoms with van der Waals surface area (Å²) in [6, 6.07) is 0. The minimum atomic E-state index is 0.312. The molecule has 2 atom stereocenters. The van der Waals surface area contributed by atoms with Crippen molar-refractivity contribution in [2.24, 2.45) is 11.7 Å². The third-order valence-electron chi connectivity index (χ3n) is 5.49. The summed E-state index contributed by atoms with van der Waals surface area (Å²) < 4.78 is 0. The van der Waals surface area contributed by atoms with Crippen LogP contribution < -0.4 is 5.73 Å². The quantitative estimate of drug-likeness (QED) is 0.830. The van der Waals surface area contributed by atoms with Gasteiger partial charge in [0, 0.05) is 18.6 Å². The summed E-state index contributed by atoms with van der Waals surface area (Å²) in [4.78, 5) is 5.35. The Morgan fingerprint density at radius 3 is 2.68 bits per heavy atom. The van der Waals surface area contributed by atoms with Crippen molar-refractivity contribution >= 4 is 0 Å². The standard InChI is InChI=1S/C16H33N3/c1-3-6-15-7-11-19(13-15)16(14-17)8-5-10-18(4-2)12-9-16/h15H,3-14,17H2,1-2H3. The summed E-state index contributed by atoms with van der Waals surface area (Å²) >= 11 is 0. The molecule has 2 N–H and O–H groups in total. The molecule has 2 unspecified atom stereocenters. The predicted molar refractivity (Wildman–Crippen MR) is 82.3 cm³/mol. The highest BCUT2D eigenvalue weighted by molar-refractivity contribution is 4.97. The predicted octanol–water partition coefficient (Wildman–Crippen LogP) is 2.31. The zero-order valence-corrected chi connectivity index (χ0v) is 13.0. The first kappa shape index (κ1) is 15.3. The lowest BCUT2D eigenvalue weighted by atomic mass is 9.88. The fraction of sp³-hybridized carbons (Fsp3) is 1.00. The van der Waals surface area contributed by atoms with E-state index < -0.39 is 0 Å². The van der Waals surface area contributed by atoms with Crippen LogP contribution in [0.15, 0.2) is 0 Å². The molecular formula is C16H33N3. The first-order chi connectivity index (χ1) is 9.24. The van der Waals surface area contributed by atoms with Crippen molar-refractivity contribution in [3.63, 3.8) is 0 Å². The Morgan fingerprint density at radius 2 is 2.00 bits per heavy atom. The van der Waals surface area contributed by atoms with E-state index in [1.807, 2.05) is 0 Å². The molecule has 2 rings (SSSR count). The number of nitrogens with two attached hydrogens (primary N) is 1. The molecule has 2 aliphatic heterocycles. The van der Waals surface area contributed by atoms with Crippen LogP contribution in [0.2, 0.25) is 0 Å². The number of hydrogen-bond acceptors (Lipinski definition) is 3. The molecule has 0 aromatic carbocycles. The number of rotatable bonds is 5. The van der Waals surface area contributed by atoms with E-state index in [9.17, 15) is 0 Å². The summed E-state index contributed by atoms with van der Waals surface area (Å²) in [7, 11) is 0. The van der Waals surface area contributed by atoms with Crippen LogP contribution in [0.4, 0.5) is 0 Å². The maximum atomic E-state index is 6.23. The minimum absolute atomic E-state index is 0.312. The van der Waals surface area contributed by atoms with Crippen LogP contribution in [0.1, 0.15) is 52.4 Å². The van der Waals surface area contributed by atoms with Crippen LogP contribution in [0, 0.1) is 5.92 Å². The van der Waals surface area contributed by atoms with Gasteiger partial charge in [-0.05, 0) is 64.2 Å². The van der Waals surface area contributed by atoms with E-state index >= 15 is 0 Å². The fourth-order valence-corrected chi connectivity index (χ4v) is 4.11. The average Bonchev–Trinajstić information content (AvgIpc) is 2.79. The zero-order valence-electron chi connectivity index (χ0n) is 13.0. The number of hydrogen-bond donors (Lipinski definition) is 1. The van der Waals surface area contributed by atoms with Crippen molar-refractivity contribution in [3.05, 3.63) is 0 Å². The van der Waals surface area contributed by atoms with E-state index in [-0.39, 0.29) is 0 Å².